The second-order valence-corrected chi connectivity index (χ2v) is 41.0. The monoisotopic (exact) mass is 1730 g/mol. The molecule has 0 aliphatic heterocycles. The summed E-state index contributed by atoms with van der Waals surface area (Å²) in [4.78, 5) is 19.3. The minimum absolute atomic E-state index is 0.0811. The van der Waals surface area contributed by atoms with Crippen LogP contribution in [0.25, 0.3) is 178 Å². The Kier molecular flexibility index (Phi) is 19.9. The van der Waals surface area contributed by atoms with E-state index in [1.54, 1.807) is 0 Å². The molecule has 0 saturated carbocycles. The zero-order valence-corrected chi connectivity index (χ0v) is 80.6. The Hall–Kier alpha value is -13.8. The number of aromatic nitrogens is 8. The van der Waals surface area contributed by atoms with Crippen LogP contribution in [0.15, 0.2) is 261 Å². The molecule has 4 aliphatic carbocycles. The van der Waals surface area contributed by atoms with Gasteiger partial charge in [0.05, 0.1) is 45.0 Å². The molecule has 0 saturated heterocycles. The maximum atomic E-state index is 6.84. The molecule has 0 fully saturated rings. The van der Waals surface area contributed by atoms with Crippen molar-refractivity contribution in [1.82, 2.24) is 19.9 Å². The van der Waals surface area contributed by atoms with Crippen molar-refractivity contribution < 1.29 is 35.9 Å². The Morgan fingerprint density at radius 3 is 1.08 bits per heavy atom. The third kappa shape index (κ3) is 13.1. The van der Waals surface area contributed by atoms with Gasteiger partial charge in [0, 0.05) is 160 Å². The van der Waals surface area contributed by atoms with E-state index in [0.717, 1.165) is 78.2 Å². The molecule has 24 rings (SSSR count). The van der Waals surface area contributed by atoms with E-state index in [1.807, 2.05) is 36.8 Å². The van der Waals surface area contributed by atoms with Gasteiger partial charge in [0.25, 0.3) is 0 Å². The van der Waals surface area contributed by atoms with E-state index in [0.29, 0.717) is 29.4 Å². The van der Waals surface area contributed by atoms with Crippen LogP contribution in [0, 0.1) is 27.7 Å². The van der Waals surface area contributed by atoms with Crippen molar-refractivity contribution in [3.63, 3.8) is 0 Å². The summed E-state index contributed by atoms with van der Waals surface area (Å²) in [6.45, 7) is 44.8. The molecule has 0 atom stereocenters. The highest BCUT2D eigenvalue weighted by atomic mass is 16.3. The Bertz CT molecular complexity index is 7910. The van der Waals surface area contributed by atoms with E-state index in [2.05, 4.69) is 392 Å². The number of hydrogen-bond donors (Lipinski definition) is 0. The van der Waals surface area contributed by atoms with Crippen molar-refractivity contribution in [3.05, 3.63) is 333 Å². The van der Waals surface area contributed by atoms with Gasteiger partial charge in [-0.2, -0.15) is 0 Å². The average Bonchev–Trinajstić information content (AvgIpc) is 1.57. The first-order chi connectivity index (χ1) is 63.1. The van der Waals surface area contributed by atoms with Crippen molar-refractivity contribution in [2.24, 2.45) is 28.2 Å². The Morgan fingerprint density at radius 1 is 0.273 bits per heavy atom. The molecule has 132 heavy (non-hydrogen) atoms. The Morgan fingerprint density at radius 2 is 0.621 bits per heavy atom. The van der Waals surface area contributed by atoms with Crippen LogP contribution in [-0.2, 0) is 49.9 Å². The number of hydrogen-bond acceptors (Lipinski definition) is 8. The van der Waals surface area contributed by atoms with Crippen LogP contribution < -0.4 is 18.3 Å². The van der Waals surface area contributed by atoms with E-state index < -0.39 is 0 Å². The summed E-state index contributed by atoms with van der Waals surface area (Å²) >= 11 is 0. The van der Waals surface area contributed by atoms with E-state index in [4.69, 9.17) is 37.6 Å². The molecular weight excluding hydrogens is 1620 g/mol. The van der Waals surface area contributed by atoms with Crippen LogP contribution in [0.4, 0.5) is 0 Å². The highest BCUT2D eigenvalue weighted by Crippen LogP contribution is 2.57. The van der Waals surface area contributed by atoms with E-state index in [1.165, 1.54) is 183 Å². The molecule has 0 bridgehead atoms. The molecule has 20 aromatic rings. The Balaban J connectivity index is 0.000000106. The molecule has 0 spiro atoms. The largest absolute Gasteiger partial charge is 0.455 e. The molecule has 656 valence electrons. The van der Waals surface area contributed by atoms with Gasteiger partial charge in [-0.15, -0.1) is 0 Å². The maximum absolute atomic E-state index is 6.84. The molecule has 0 radical (unpaired) electrons. The maximum Gasteiger partial charge on any atom is 0.227 e. The first-order valence-electron chi connectivity index (χ1n) is 46.9. The van der Waals surface area contributed by atoms with Gasteiger partial charge in [-0.05, 0) is 203 Å². The number of benzene rings is 8. The predicted octanol–water partition coefficient (Wildman–Crippen LogP) is 28.8. The normalized spacial score (nSPS) is 14.3. The van der Waals surface area contributed by atoms with E-state index in [-0.39, 0.29) is 21.7 Å². The summed E-state index contributed by atoms with van der Waals surface area (Å²) < 4.78 is 35.5. The highest BCUT2D eigenvalue weighted by molar-refractivity contribution is 6.16. The predicted molar refractivity (Wildman–Crippen MR) is 538 cm³/mol. The van der Waals surface area contributed by atoms with Crippen molar-refractivity contribution in [2.45, 2.75) is 184 Å². The molecule has 0 N–H and O–H groups in total. The fraction of sp³-hybridized carbons (Fsp3) is 0.267. The summed E-state index contributed by atoms with van der Waals surface area (Å²) in [7, 11) is 8.44. The van der Waals surface area contributed by atoms with Crippen molar-refractivity contribution >= 4 is 87.9 Å². The first-order valence-corrected chi connectivity index (χ1v) is 46.9. The summed E-state index contributed by atoms with van der Waals surface area (Å²) in [5, 5.41) is 9.24. The van der Waals surface area contributed by atoms with Gasteiger partial charge in [-0.25, -0.2) is 23.3 Å². The summed E-state index contributed by atoms with van der Waals surface area (Å²) in [5.74, 6) is 1.88. The molecular formula is C120H116N8O4+4. The molecule has 12 aromatic heterocycles. The molecule has 12 heterocycles. The van der Waals surface area contributed by atoms with Crippen molar-refractivity contribution in [3.8, 4) is 89.7 Å². The third-order valence-corrected chi connectivity index (χ3v) is 29.8. The fourth-order valence-corrected chi connectivity index (χ4v) is 22.0. The van der Waals surface area contributed by atoms with Crippen LogP contribution >= 0.6 is 0 Å². The number of rotatable bonds is 8. The van der Waals surface area contributed by atoms with Crippen molar-refractivity contribution in [1.29, 1.82) is 0 Å². The quantitative estimate of drug-likeness (QED) is 0.138. The molecule has 12 nitrogen and oxygen atoms in total. The third-order valence-electron chi connectivity index (χ3n) is 29.8. The van der Waals surface area contributed by atoms with Crippen molar-refractivity contribution in [2.75, 3.05) is 0 Å². The van der Waals surface area contributed by atoms with Gasteiger partial charge >= 0.3 is 0 Å². The second-order valence-electron chi connectivity index (χ2n) is 41.0. The summed E-state index contributed by atoms with van der Waals surface area (Å²) in [6, 6.07) is 72.9. The van der Waals surface area contributed by atoms with Gasteiger partial charge in [0.15, 0.2) is 30.4 Å². The molecule has 8 aromatic carbocycles. The molecule has 4 aliphatic rings. The van der Waals surface area contributed by atoms with Crippen LogP contribution in [0.2, 0.25) is 0 Å². The van der Waals surface area contributed by atoms with Crippen LogP contribution in [0.3, 0.4) is 0 Å². The molecule has 12 heteroatoms. The summed E-state index contributed by atoms with van der Waals surface area (Å²) in [5.41, 5.74) is 46.0. The number of nitrogens with zero attached hydrogens (tertiary/aromatic N) is 8. The standard InChI is InChI=1S/4C30H29N2O/c1-17(2)19-13-15-32(6)24(16-19)25-18(3)9-10-21-22-12-11-20-23-8-7-14-31-29(23)30(4,5)26(20)28(22)33-27(21)25;1-17(2)19-11-13-32(6)25(14-19)27-18(3)9-10-20-23-15-24-22(16-26(23)33-28(20)27)21-8-7-12-31-29(21)30(24,4)5;1-17(2)19-11-13-32(6)25(14-19)27-18(3)9-10-20-23-15-22-21-8-7-12-31-29(21)30(4,5)24(22)16-26(23)33-28(20)27;1-17(2)19-13-14-32(6)25(15-19)26-18(3)11-12-20-22-16-24-27(31-29(22)33-28(20)26)21-9-7-8-10-23(21)30(24,4)5/h4*7-17H,1-6H3/q4*+1. The number of furan rings is 4. The Labute approximate surface area is 773 Å². The zero-order valence-electron chi connectivity index (χ0n) is 80.6. The number of fused-ring (bicyclic) bond motifs is 25. The lowest BCUT2D eigenvalue weighted by atomic mass is 9.82. The summed E-state index contributed by atoms with van der Waals surface area (Å²) in [6.07, 6.45) is 14.3. The first kappa shape index (κ1) is 85.0. The fourth-order valence-electron chi connectivity index (χ4n) is 22.0. The lowest BCUT2D eigenvalue weighted by Crippen LogP contribution is -2.31. The molecule has 0 unspecified atom stereocenters. The minimum atomic E-state index is -0.212. The highest BCUT2D eigenvalue weighted by Gasteiger charge is 2.44. The zero-order chi connectivity index (χ0) is 92.3. The lowest BCUT2D eigenvalue weighted by Gasteiger charge is -2.20. The van der Waals surface area contributed by atoms with Crippen LogP contribution in [-0.4, -0.2) is 19.9 Å². The molecule has 0 amide bonds. The topological polar surface area (TPSA) is 120 Å². The van der Waals surface area contributed by atoms with Gasteiger partial charge in [-0.3, -0.25) is 15.0 Å². The lowest BCUT2D eigenvalue weighted by molar-refractivity contribution is -0.660. The van der Waals surface area contributed by atoms with Crippen LogP contribution in [0.5, 0.6) is 0 Å². The number of aryl methyl sites for hydroxylation is 8. The SMILES string of the molecule is Cc1ccc2c(oc3c4c(ccc32)-c2cccnc2C4(C)C)c1-c1cc(C(C)C)cc[n+]1C.Cc1ccc2c(oc3cc4c(cc32)-c2cccnc2C4(C)C)c1-c1cc(C(C)C)cc[n+]1C.Cc1ccc2c(oc3cc4c(cc32)C(C)(C)c2ncccc2-4)c1-c1cc(C(C)C)cc[n+]1C.Cc1ccc2c(oc3nc4c(cc32)C(C)(C)c2ccccc2-4)c1-c1cc(C(C)C)cc[n+]1C. The van der Waals surface area contributed by atoms with Gasteiger partial charge in [0.1, 0.15) is 61.7 Å². The average molecular weight is 1730 g/mol. The van der Waals surface area contributed by atoms with E-state index in [9.17, 15) is 0 Å². The number of pyridine rings is 8. The smallest absolute Gasteiger partial charge is 0.227 e. The minimum Gasteiger partial charge on any atom is -0.455 e. The van der Waals surface area contributed by atoms with Gasteiger partial charge in [0.2, 0.25) is 28.5 Å². The second kappa shape index (κ2) is 30.9. The van der Waals surface area contributed by atoms with Crippen LogP contribution in [0.1, 0.15) is 224 Å². The van der Waals surface area contributed by atoms with Gasteiger partial charge < -0.3 is 17.7 Å². The van der Waals surface area contributed by atoms with E-state index >= 15 is 0 Å². The van der Waals surface area contributed by atoms with Gasteiger partial charge in [-0.1, -0.05) is 194 Å².